The van der Waals surface area contributed by atoms with Crippen LogP contribution in [0.5, 0.6) is 0 Å². The first-order chi connectivity index (χ1) is 12.2. The predicted octanol–water partition coefficient (Wildman–Crippen LogP) is 4.03. The highest BCUT2D eigenvalue weighted by Gasteiger charge is 2.21. The van der Waals surface area contributed by atoms with Crippen LogP contribution in [0.2, 0.25) is 0 Å². The van der Waals surface area contributed by atoms with Gasteiger partial charge >= 0.3 is 0 Å². The summed E-state index contributed by atoms with van der Waals surface area (Å²) in [5.74, 6) is 0. The summed E-state index contributed by atoms with van der Waals surface area (Å²) in [5, 5.41) is 16.0. The molecule has 3 heterocycles. The molecule has 1 atom stereocenters. The summed E-state index contributed by atoms with van der Waals surface area (Å²) in [7, 11) is 0. The molecule has 0 aliphatic carbocycles. The van der Waals surface area contributed by atoms with Gasteiger partial charge in [-0.2, -0.15) is 5.26 Å². The van der Waals surface area contributed by atoms with Crippen LogP contribution in [0.25, 0.3) is 10.9 Å². The van der Waals surface area contributed by atoms with E-state index in [2.05, 4.69) is 45.7 Å². The number of para-hydroxylation sites is 1. The molecule has 1 aliphatic rings. The van der Waals surface area contributed by atoms with Gasteiger partial charge in [-0.1, -0.05) is 18.2 Å². The number of fused-ring (bicyclic) bond motifs is 2. The van der Waals surface area contributed by atoms with E-state index < -0.39 is 0 Å². The Kier molecular flexibility index (Phi) is 4.39. The average molecular weight is 348 g/mol. The summed E-state index contributed by atoms with van der Waals surface area (Å²) in [4.78, 5) is 8.44. The Balaban J connectivity index is 1.50. The van der Waals surface area contributed by atoms with Crippen molar-refractivity contribution in [2.45, 2.75) is 25.9 Å². The maximum absolute atomic E-state index is 9.23. The van der Waals surface area contributed by atoms with Gasteiger partial charge in [0.05, 0.1) is 5.52 Å². The number of hydrogen-bond acceptors (Lipinski definition) is 5. The lowest BCUT2D eigenvalue weighted by atomic mass is 10.1. The number of pyridine rings is 1. The van der Waals surface area contributed by atoms with Gasteiger partial charge < -0.3 is 5.32 Å². The summed E-state index contributed by atoms with van der Waals surface area (Å²) in [6, 6.07) is 14.6. The minimum Gasteiger partial charge on any atom is -0.383 e. The molecule has 5 heteroatoms. The molecular weight excluding hydrogens is 328 g/mol. The lowest BCUT2D eigenvalue weighted by Crippen LogP contribution is -2.40. The molecule has 1 aliphatic heterocycles. The van der Waals surface area contributed by atoms with Crippen molar-refractivity contribution in [3.63, 3.8) is 0 Å². The summed E-state index contributed by atoms with van der Waals surface area (Å²) >= 11 is 1.87. The molecule has 4 nitrogen and oxygen atoms in total. The van der Waals surface area contributed by atoms with Crippen molar-refractivity contribution in [3.8, 4) is 6.07 Å². The average Bonchev–Trinajstić information content (AvgIpc) is 3.13. The van der Waals surface area contributed by atoms with Crippen LogP contribution < -0.4 is 5.32 Å². The highest BCUT2D eigenvalue weighted by atomic mass is 32.1. The van der Waals surface area contributed by atoms with Gasteiger partial charge in [0.15, 0.2) is 0 Å². The highest BCUT2D eigenvalue weighted by Crippen LogP contribution is 2.26. The molecule has 25 heavy (non-hydrogen) atoms. The molecule has 2 aromatic heterocycles. The van der Waals surface area contributed by atoms with E-state index in [-0.39, 0.29) is 0 Å². The number of benzene rings is 1. The Morgan fingerprint density at radius 2 is 2.24 bits per heavy atom. The number of hydrogen-bond donors (Lipinski definition) is 1. The third-order valence-corrected chi connectivity index (χ3v) is 5.90. The fraction of sp³-hybridized carbons (Fsp3) is 0.300. The van der Waals surface area contributed by atoms with Crippen molar-refractivity contribution in [1.29, 1.82) is 5.26 Å². The molecule has 0 spiro atoms. The van der Waals surface area contributed by atoms with Crippen molar-refractivity contribution in [2.24, 2.45) is 0 Å². The van der Waals surface area contributed by atoms with Crippen LogP contribution in [0.15, 0.2) is 41.8 Å². The summed E-state index contributed by atoms with van der Waals surface area (Å²) < 4.78 is 0. The number of nitrogens with one attached hydrogen (secondary N) is 1. The number of rotatable bonds is 4. The maximum atomic E-state index is 9.23. The largest absolute Gasteiger partial charge is 0.383 e. The zero-order valence-corrected chi connectivity index (χ0v) is 15.0. The van der Waals surface area contributed by atoms with Crippen LogP contribution in [0.4, 0.5) is 5.69 Å². The van der Waals surface area contributed by atoms with Crippen molar-refractivity contribution in [2.75, 3.05) is 18.4 Å². The number of thiophene rings is 1. The maximum Gasteiger partial charge on any atom is 0.143 e. The quantitative estimate of drug-likeness (QED) is 0.773. The number of nitriles is 1. The molecule has 0 fully saturated rings. The van der Waals surface area contributed by atoms with E-state index in [0.717, 1.165) is 42.6 Å². The summed E-state index contributed by atoms with van der Waals surface area (Å²) in [6.45, 7) is 5.25. The number of anilines is 1. The second kappa shape index (κ2) is 6.83. The van der Waals surface area contributed by atoms with Crippen molar-refractivity contribution in [3.05, 3.63) is 57.9 Å². The van der Waals surface area contributed by atoms with Crippen molar-refractivity contribution in [1.82, 2.24) is 9.88 Å². The molecule has 126 valence electrons. The molecule has 1 unspecified atom stereocenters. The highest BCUT2D eigenvalue weighted by molar-refractivity contribution is 7.10. The second-order valence-corrected chi connectivity index (χ2v) is 7.50. The molecule has 4 rings (SSSR count). The second-order valence-electron chi connectivity index (χ2n) is 6.50. The number of nitrogens with zero attached hydrogens (tertiary/aromatic N) is 3. The Morgan fingerprint density at radius 1 is 1.36 bits per heavy atom. The van der Waals surface area contributed by atoms with Crippen molar-refractivity contribution >= 4 is 27.9 Å². The molecule has 0 saturated carbocycles. The van der Waals surface area contributed by atoms with Gasteiger partial charge in [0.1, 0.15) is 11.8 Å². The molecule has 0 radical (unpaired) electrons. The standard InChI is InChI=1S/C20H20N4S/c1-14(24-8-6-20-15(13-24)7-9-25-20)12-22-19-10-16(11-21)23-18-5-3-2-4-17(18)19/h2-5,7,9-10,14H,6,8,12-13H2,1H3,(H,22,23). The smallest absolute Gasteiger partial charge is 0.143 e. The number of aromatic nitrogens is 1. The molecule has 0 saturated heterocycles. The Morgan fingerprint density at radius 3 is 3.12 bits per heavy atom. The van der Waals surface area contributed by atoms with Gasteiger partial charge in [-0.05, 0) is 42.5 Å². The van der Waals surface area contributed by atoms with E-state index in [4.69, 9.17) is 0 Å². The van der Waals surface area contributed by atoms with E-state index in [1.807, 2.05) is 35.6 Å². The van der Waals surface area contributed by atoms with Gasteiger partial charge in [0.2, 0.25) is 0 Å². The minimum atomic E-state index is 0.422. The topological polar surface area (TPSA) is 52.0 Å². The summed E-state index contributed by atoms with van der Waals surface area (Å²) in [6.07, 6.45) is 1.15. The first-order valence-corrected chi connectivity index (χ1v) is 9.45. The molecular formula is C20H20N4S. The van der Waals surface area contributed by atoms with Crippen molar-refractivity contribution < 1.29 is 0 Å². The first kappa shape index (κ1) is 16.1. The molecule has 1 N–H and O–H groups in total. The normalized spacial score (nSPS) is 15.5. The molecule has 1 aromatic carbocycles. The third-order valence-electron chi connectivity index (χ3n) is 4.88. The van der Waals surface area contributed by atoms with Gasteiger partial charge in [0.25, 0.3) is 0 Å². The fourth-order valence-corrected chi connectivity index (χ4v) is 4.30. The zero-order chi connectivity index (χ0) is 17.2. The van der Waals surface area contributed by atoms with Crippen LogP contribution in [0, 0.1) is 11.3 Å². The summed E-state index contributed by atoms with van der Waals surface area (Å²) in [5.41, 5.74) is 3.78. The zero-order valence-electron chi connectivity index (χ0n) is 14.2. The van der Waals surface area contributed by atoms with E-state index in [9.17, 15) is 5.26 Å². The van der Waals surface area contributed by atoms with Gasteiger partial charge in [-0.25, -0.2) is 4.98 Å². The third kappa shape index (κ3) is 3.23. The van der Waals surface area contributed by atoms with Crippen LogP contribution >= 0.6 is 11.3 Å². The van der Waals surface area contributed by atoms with Crippen LogP contribution in [-0.2, 0) is 13.0 Å². The van der Waals surface area contributed by atoms with Crippen LogP contribution in [-0.4, -0.2) is 29.0 Å². The molecule has 0 amide bonds. The van der Waals surface area contributed by atoms with Gasteiger partial charge in [0, 0.05) is 41.6 Å². The lowest BCUT2D eigenvalue weighted by molar-refractivity contribution is 0.200. The lowest BCUT2D eigenvalue weighted by Gasteiger charge is -2.32. The van der Waals surface area contributed by atoms with Crippen LogP contribution in [0.1, 0.15) is 23.1 Å². The van der Waals surface area contributed by atoms with E-state index in [0.29, 0.717) is 11.7 Å². The Labute approximate surface area is 151 Å². The van der Waals surface area contributed by atoms with Crippen LogP contribution in [0.3, 0.4) is 0 Å². The monoisotopic (exact) mass is 348 g/mol. The van der Waals surface area contributed by atoms with Gasteiger partial charge in [-0.3, -0.25) is 4.90 Å². The van der Waals surface area contributed by atoms with E-state index in [1.165, 1.54) is 10.4 Å². The Hall–Kier alpha value is -2.42. The molecule has 0 bridgehead atoms. The molecule has 3 aromatic rings. The van der Waals surface area contributed by atoms with E-state index >= 15 is 0 Å². The first-order valence-electron chi connectivity index (χ1n) is 8.57. The van der Waals surface area contributed by atoms with Gasteiger partial charge in [-0.15, -0.1) is 11.3 Å². The van der Waals surface area contributed by atoms with E-state index in [1.54, 1.807) is 0 Å². The minimum absolute atomic E-state index is 0.422. The fourth-order valence-electron chi connectivity index (χ4n) is 3.41. The predicted molar refractivity (Wildman–Crippen MR) is 103 cm³/mol. The Bertz CT molecular complexity index is 940. The SMILES string of the molecule is CC(CNc1cc(C#N)nc2ccccc12)N1CCc2sccc2C1.